The molecule has 1 aromatic heterocycles. The smallest absolute Gasteiger partial charge is 0.332 e. The molecule has 1 atom stereocenters. The van der Waals surface area contributed by atoms with Gasteiger partial charge >= 0.3 is 5.97 Å². The molecular weight excluding hydrogens is 591 g/mol. The molecule has 5 rings (SSSR count). The first-order valence-corrected chi connectivity index (χ1v) is 17.3. The number of carbonyl (C=O) groups excluding carboxylic acids is 1. The Morgan fingerprint density at radius 2 is 1.76 bits per heavy atom. The van der Waals surface area contributed by atoms with Gasteiger partial charge in [-0.1, -0.05) is 42.5 Å². The molecule has 1 aliphatic carbocycles. The first-order chi connectivity index (χ1) is 21.7. The minimum absolute atomic E-state index is 0.00700. The molecule has 9 heteroatoms. The number of ether oxygens (including phenoxy) is 4. The molecule has 2 fully saturated rings. The summed E-state index contributed by atoms with van der Waals surface area (Å²) in [5.74, 6) is 1.03. The van der Waals surface area contributed by atoms with E-state index in [1.54, 1.807) is 23.9 Å². The lowest BCUT2D eigenvalue weighted by Crippen LogP contribution is -2.28. The zero-order chi connectivity index (χ0) is 31.6. The number of hydrogen-bond donors (Lipinski definition) is 0. The summed E-state index contributed by atoms with van der Waals surface area (Å²) in [7, 11) is 0. The van der Waals surface area contributed by atoms with E-state index in [1.807, 2.05) is 45.0 Å². The van der Waals surface area contributed by atoms with Crippen LogP contribution >= 0.6 is 11.8 Å². The zero-order valence-electron chi connectivity index (χ0n) is 26.8. The van der Waals surface area contributed by atoms with Gasteiger partial charge in [0.25, 0.3) is 0 Å². The van der Waals surface area contributed by atoms with Crippen LogP contribution in [0.1, 0.15) is 65.7 Å². The van der Waals surface area contributed by atoms with Crippen molar-refractivity contribution in [3.05, 3.63) is 60.4 Å². The van der Waals surface area contributed by atoms with Gasteiger partial charge in [0.1, 0.15) is 23.1 Å². The molecule has 0 spiro atoms. The fraction of sp³-hybridized carbons (Fsp3) is 0.556. The molecule has 0 amide bonds. The minimum Gasteiger partial charge on any atom is -0.458 e. The maximum absolute atomic E-state index is 14.5. The molecule has 45 heavy (non-hydrogen) atoms. The number of esters is 1. The van der Waals surface area contributed by atoms with Crippen molar-refractivity contribution < 1.29 is 28.1 Å². The number of nitrogens with zero attached hydrogens (tertiary/aromatic N) is 2. The third-order valence-corrected chi connectivity index (χ3v) is 9.17. The van der Waals surface area contributed by atoms with E-state index in [2.05, 4.69) is 16.8 Å². The van der Waals surface area contributed by atoms with Gasteiger partial charge in [0.15, 0.2) is 6.29 Å². The quantitative estimate of drug-likeness (QED) is 0.106. The molecule has 3 aromatic rings. The van der Waals surface area contributed by atoms with Crippen LogP contribution in [0.4, 0.5) is 4.39 Å². The van der Waals surface area contributed by atoms with Gasteiger partial charge < -0.3 is 18.9 Å². The molecule has 1 saturated heterocycles. The van der Waals surface area contributed by atoms with Crippen LogP contribution in [-0.2, 0) is 30.3 Å². The van der Waals surface area contributed by atoms with E-state index in [-0.39, 0.29) is 24.7 Å². The molecule has 2 aliphatic rings. The highest BCUT2D eigenvalue weighted by Crippen LogP contribution is 2.41. The molecule has 1 aliphatic heterocycles. The molecule has 2 aromatic carbocycles. The number of aromatic nitrogens is 2. The molecule has 7 nitrogen and oxygen atoms in total. The fourth-order valence-corrected chi connectivity index (χ4v) is 7.02. The van der Waals surface area contributed by atoms with Crippen molar-refractivity contribution in [2.75, 3.05) is 32.2 Å². The van der Waals surface area contributed by atoms with Gasteiger partial charge in [-0.3, -0.25) is 4.68 Å². The highest BCUT2D eigenvalue weighted by molar-refractivity contribution is 7.99. The predicted octanol–water partition coefficient (Wildman–Crippen LogP) is 8.16. The Morgan fingerprint density at radius 3 is 2.47 bits per heavy atom. The summed E-state index contributed by atoms with van der Waals surface area (Å²) in [5.41, 5.74) is 3.36. The number of thioether (sulfide) groups is 1. The highest BCUT2D eigenvalue weighted by Gasteiger charge is 2.27. The standard InChI is InChI=1S/C36H47FN2O5S/c1-36(2,3)44-31(40)25-41-24-27-17-15-26(16-18-27)23-39-34(28-10-5-4-6-11-28)33(29-12-9-13-30(37)22-29)35(38-39)45-21-20-43-32-14-7-8-19-42-32/h4-6,9-13,22,26-27,32H,7-8,14-21,23-25H2,1-3H3/t26-,27-,32?. The van der Waals surface area contributed by atoms with Gasteiger partial charge in [-0.25, -0.2) is 9.18 Å². The lowest BCUT2D eigenvalue weighted by Gasteiger charge is -2.29. The third-order valence-electron chi connectivity index (χ3n) is 8.24. The monoisotopic (exact) mass is 638 g/mol. The van der Waals surface area contributed by atoms with Crippen LogP contribution in [0.5, 0.6) is 0 Å². The van der Waals surface area contributed by atoms with E-state index in [4.69, 9.17) is 24.0 Å². The van der Waals surface area contributed by atoms with E-state index in [0.29, 0.717) is 25.0 Å². The molecule has 2 heterocycles. The van der Waals surface area contributed by atoms with Crippen LogP contribution in [-0.4, -0.2) is 59.8 Å². The maximum atomic E-state index is 14.5. The number of hydrogen-bond acceptors (Lipinski definition) is 7. The first-order valence-electron chi connectivity index (χ1n) is 16.3. The number of rotatable bonds is 13. The molecule has 244 valence electrons. The second-order valence-electron chi connectivity index (χ2n) is 13.1. The van der Waals surface area contributed by atoms with Gasteiger partial charge in [0, 0.05) is 30.0 Å². The van der Waals surface area contributed by atoms with E-state index in [1.165, 1.54) is 6.07 Å². The Kier molecular flexibility index (Phi) is 12.1. The normalized spacial score (nSPS) is 20.7. The predicted molar refractivity (Wildman–Crippen MR) is 175 cm³/mol. The average molecular weight is 639 g/mol. The summed E-state index contributed by atoms with van der Waals surface area (Å²) in [4.78, 5) is 12.0. The summed E-state index contributed by atoms with van der Waals surface area (Å²) < 4.78 is 39.5. The third kappa shape index (κ3) is 10.1. The lowest BCUT2D eigenvalue weighted by atomic mass is 9.82. The molecule has 0 N–H and O–H groups in total. The summed E-state index contributed by atoms with van der Waals surface area (Å²) in [6.07, 6.45) is 7.23. The minimum atomic E-state index is -0.506. The van der Waals surface area contributed by atoms with Gasteiger partial charge in [-0.05, 0) is 95.2 Å². The second kappa shape index (κ2) is 16.2. The summed E-state index contributed by atoms with van der Waals surface area (Å²) in [5, 5.41) is 6.07. The molecule has 1 saturated carbocycles. The van der Waals surface area contributed by atoms with E-state index in [9.17, 15) is 9.18 Å². The van der Waals surface area contributed by atoms with Crippen molar-refractivity contribution in [3.63, 3.8) is 0 Å². The second-order valence-corrected chi connectivity index (χ2v) is 14.2. The Bertz CT molecular complexity index is 1360. The first kappa shape index (κ1) is 33.6. The largest absolute Gasteiger partial charge is 0.458 e. The van der Waals surface area contributed by atoms with E-state index in [0.717, 1.165) is 91.3 Å². The van der Waals surface area contributed by atoms with Crippen LogP contribution in [0, 0.1) is 17.7 Å². The average Bonchev–Trinajstić information content (AvgIpc) is 3.38. The summed E-state index contributed by atoms with van der Waals surface area (Å²) >= 11 is 1.65. The Morgan fingerprint density at radius 1 is 1.00 bits per heavy atom. The number of benzene rings is 2. The zero-order valence-corrected chi connectivity index (χ0v) is 27.7. The lowest BCUT2D eigenvalue weighted by molar-refractivity contribution is -0.160. The highest BCUT2D eigenvalue weighted by atomic mass is 32.2. The van der Waals surface area contributed by atoms with Crippen LogP contribution in [0.25, 0.3) is 22.4 Å². The maximum Gasteiger partial charge on any atom is 0.332 e. The summed E-state index contributed by atoms with van der Waals surface area (Å²) in [6, 6.07) is 17.1. The van der Waals surface area contributed by atoms with Crippen LogP contribution in [0.2, 0.25) is 0 Å². The van der Waals surface area contributed by atoms with E-state index >= 15 is 0 Å². The van der Waals surface area contributed by atoms with Gasteiger partial charge in [-0.15, -0.1) is 11.8 Å². The van der Waals surface area contributed by atoms with Crippen LogP contribution in [0.15, 0.2) is 59.6 Å². The van der Waals surface area contributed by atoms with Crippen molar-refractivity contribution in [2.45, 2.75) is 89.2 Å². The Hall–Kier alpha value is -2.72. The SMILES string of the molecule is CC(C)(C)OC(=O)COC[C@H]1CC[C@H](Cn2nc(SCCOC3CCCCO3)c(-c3cccc(F)c3)c2-c2ccccc2)CC1. The molecule has 1 unspecified atom stereocenters. The molecule has 0 bridgehead atoms. The van der Waals surface area contributed by atoms with Gasteiger partial charge in [0.2, 0.25) is 0 Å². The summed E-state index contributed by atoms with van der Waals surface area (Å²) in [6.45, 7) is 8.25. The molecular formula is C36H47FN2O5S. The number of carbonyl (C=O) groups is 1. The topological polar surface area (TPSA) is 71.8 Å². The van der Waals surface area contributed by atoms with Crippen molar-refractivity contribution in [2.24, 2.45) is 11.8 Å². The molecule has 0 radical (unpaired) electrons. The van der Waals surface area contributed by atoms with Crippen molar-refractivity contribution >= 4 is 17.7 Å². The fourth-order valence-electron chi connectivity index (χ4n) is 6.13. The van der Waals surface area contributed by atoms with Crippen LogP contribution < -0.4 is 0 Å². The van der Waals surface area contributed by atoms with Crippen molar-refractivity contribution in [1.29, 1.82) is 0 Å². The Balaban J connectivity index is 1.29. The van der Waals surface area contributed by atoms with Gasteiger partial charge in [-0.2, -0.15) is 5.10 Å². The van der Waals surface area contributed by atoms with Crippen LogP contribution in [0.3, 0.4) is 0 Å². The number of halogens is 1. The van der Waals surface area contributed by atoms with Crippen molar-refractivity contribution in [3.8, 4) is 22.4 Å². The van der Waals surface area contributed by atoms with E-state index < -0.39 is 5.60 Å². The van der Waals surface area contributed by atoms with Crippen molar-refractivity contribution in [1.82, 2.24) is 9.78 Å². The van der Waals surface area contributed by atoms with Gasteiger partial charge in [0.05, 0.1) is 18.9 Å². The Labute approximate surface area is 271 Å².